The van der Waals surface area contributed by atoms with E-state index < -0.39 is 0 Å². The number of hydrogen-bond acceptors (Lipinski definition) is 3. The van der Waals surface area contributed by atoms with E-state index in [1.165, 1.54) is 44.0 Å². The molecule has 20 heavy (non-hydrogen) atoms. The first-order chi connectivity index (χ1) is 9.63. The van der Waals surface area contributed by atoms with Crippen LogP contribution in [0, 0.1) is 5.82 Å². The molecule has 2 aliphatic heterocycles. The van der Waals surface area contributed by atoms with E-state index >= 15 is 0 Å². The van der Waals surface area contributed by atoms with Crippen molar-refractivity contribution in [2.24, 2.45) is 0 Å². The average molecular weight is 278 g/mol. The van der Waals surface area contributed by atoms with Gasteiger partial charge in [-0.2, -0.15) is 0 Å². The van der Waals surface area contributed by atoms with E-state index in [-0.39, 0.29) is 11.6 Å². The summed E-state index contributed by atoms with van der Waals surface area (Å²) in [7, 11) is 0. The summed E-state index contributed by atoms with van der Waals surface area (Å²) in [6.45, 7) is 6.23. The predicted octanol–water partition coefficient (Wildman–Crippen LogP) is 2.59. The number of nitrogens with zero attached hydrogens (tertiary/aromatic N) is 2. The quantitative estimate of drug-likeness (QED) is 0.920. The molecule has 0 bridgehead atoms. The van der Waals surface area contributed by atoms with Crippen molar-refractivity contribution in [1.29, 1.82) is 0 Å². The van der Waals surface area contributed by atoms with E-state index in [9.17, 15) is 9.50 Å². The number of phenolic OH excluding ortho intramolecular Hbond substituents is 1. The number of piperidine rings is 1. The second-order valence-corrected chi connectivity index (χ2v) is 6.20. The van der Waals surface area contributed by atoms with E-state index in [2.05, 4.69) is 16.7 Å². The summed E-state index contributed by atoms with van der Waals surface area (Å²) in [6.07, 6.45) is 3.97. The lowest BCUT2D eigenvalue weighted by molar-refractivity contribution is -0.00650. The molecule has 0 aromatic heterocycles. The molecule has 1 aromatic carbocycles. The first-order valence-electron chi connectivity index (χ1n) is 7.59. The third-order valence-electron chi connectivity index (χ3n) is 4.70. The predicted molar refractivity (Wildman–Crippen MR) is 77.1 cm³/mol. The lowest BCUT2D eigenvalue weighted by Gasteiger charge is -2.49. The summed E-state index contributed by atoms with van der Waals surface area (Å²) in [4.78, 5) is 4.89. The minimum atomic E-state index is -0.278. The van der Waals surface area contributed by atoms with Crippen LogP contribution in [0.25, 0.3) is 0 Å². The largest absolute Gasteiger partial charge is 0.508 e. The van der Waals surface area contributed by atoms with Gasteiger partial charge in [0.25, 0.3) is 0 Å². The molecule has 0 saturated carbocycles. The molecule has 2 aliphatic rings. The molecular weight excluding hydrogens is 255 g/mol. The highest BCUT2D eigenvalue weighted by Crippen LogP contribution is 2.27. The zero-order valence-corrected chi connectivity index (χ0v) is 12.1. The highest BCUT2D eigenvalue weighted by atomic mass is 19.1. The van der Waals surface area contributed by atoms with Crippen molar-refractivity contribution in [1.82, 2.24) is 9.80 Å². The maximum atomic E-state index is 13.2. The van der Waals surface area contributed by atoms with Gasteiger partial charge in [-0.05, 0) is 44.5 Å². The number of likely N-dealkylation sites (tertiary alicyclic amines) is 2. The number of halogens is 1. The van der Waals surface area contributed by atoms with Gasteiger partial charge in [-0.3, -0.25) is 9.80 Å². The molecule has 2 saturated heterocycles. The lowest BCUT2D eigenvalue weighted by atomic mass is 9.97. The van der Waals surface area contributed by atoms with Gasteiger partial charge in [0.15, 0.2) is 0 Å². The Morgan fingerprint density at radius 2 is 2.10 bits per heavy atom. The van der Waals surface area contributed by atoms with E-state index in [1.54, 1.807) is 0 Å². The smallest absolute Gasteiger partial charge is 0.123 e. The van der Waals surface area contributed by atoms with E-state index in [0.717, 1.165) is 13.1 Å². The Labute approximate surface area is 120 Å². The minimum Gasteiger partial charge on any atom is -0.508 e. The summed E-state index contributed by atoms with van der Waals surface area (Å²) in [5.41, 5.74) is 0.690. The Hall–Kier alpha value is -1.13. The Morgan fingerprint density at radius 1 is 1.30 bits per heavy atom. The molecule has 110 valence electrons. The van der Waals surface area contributed by atoms with Gasteiger partial charge in [0, 0.05) is 37.3 Å². The fourth-order valence-corrected chi connectivity index (χ4v) is 3.47. The zero-order valence-electron chi connectivity index (χ0n) is 12.1. The van der Waals surface area contributed by atoms with Crippen LogP contribution in [-0.4, -0.2) is 46.6 Å². The zero-order chi connectivity index (χ0) is 14.1. The first kappa shape index (κ1) is 13.8. The van der Waals surface area contributed by atoms with Gasteiger partial charge in [0.2, 0.25) is 0 Å². The Balaban J connectivity index is 1.54. The highest BCUT2D eigenvalue weighted by Gasteiger charge is 2.35. The second-order valence-electron chi connectivity index (χ2n) is 6.20. The van der Waals surface area contributed by atoms with Gasteiger partial charge in [0.05, 0.1) is 0 Å². The first-order valence-corrected chi connectivity index (χ1v) is 7.59. The van der Waals surface area contributed by atoms with Crippen LogP contribution in [-0.2, 0) is 6.54 Å². The summed E-state index contributed by atoms with van der Waals surface area (Å²) in [5.74, 6) is -0.0827. The summed E-state index contributed by atoms with van der Waals surface area (Å²) >= 11 is 0. The molecule has 0 aliphatic carbocycles. The molecule has 1 aromatic rings. The molecule has 0 amide bonds. The van der Waals surface area contributed by atoms with Gasteiger partial charge in [0.1, 0.15) is 11.6 Å². The van der Waals surface area contributed by atoms with Crippen LogP contribution in [0.4, 0.5) is 4.39 Å². The van der Waals surface area contributed by atoms with Crippen molar-refractivity contribution in [3.8, 4) is 5.75 Å². The summed E-state index contributed by atoms with van der Waals surface area (Å²) < 4.78 is 13.2. The van der Waals surface area contributed by atoms with Gasteiger partial charge < -0.3 is 5.11 Å². The topological polar surface area (TPSA) is 26.7 Å². The maximum Gasteiger partial charge on any atom is 0.123 e. The molecular formula is C16H23FN2O. The fraction of sp³-hybridized carbons (Fsp3) is 0.625. The van der Waals surface area contributed by atoms with E-state index in [1.807, 2.05) is 0 Å². The normalized spacial score (nSPS) is 25.6. The molecule has 4 heteroatoms. The van der Waals surface area contributed by atoms with Crippen molar-refractivity contribution in [2.75, 3.05) is 19.6 Å². The standard InChI is InChI=1S/C16H23FN2O/c1-12-4-2-3-7-19(12)15-10-18(11-15)9-13-8-14(17)5-6-16(13)20/h5-6,8,12,15,20H,2-4,7,9-11H2,1H3. The number of rotatable bonds is 3. The second kappa shape index (κ2) is 5.70. The highest BCUT2D eigenvalue weighted by molar-refractivity contribution is 5.32. The molecule has 1 N–H and O–H groups in total. The maximum absolute atomic E-state index is 13.2. The van der Waals surface area contributed by atoms with Gasteiger partial charge >= 0.3 is 0 Å². The summed E-state index contributed by atoms with van der Waals surface area (Å²) in [6, 6.07) is 5.51. The van der Waals surface area contributed by atoms with Crippen LogP contribution in [0.5, 0.6) is 5.75 Å². The number of aromatic hydroxyl groups is 1. The number of benzene rings is 1. The molecule has 1 atom stereocenters. The van der Waals surface area contributed by atoms with Crippen LogP contribution in [0.3, 0.4) is 0 Å². The average Bonchev–Trinajstić information content (AvgIpc) is 2.38. The monoisotopic (exact) mass is 278 g/mol. The Kier molecular flexibility index (Phi) is 3.94. The molecule has 1 unspecified atom stereocenters. The molecule has 0 spiro atoms. The van der Waals surface area contributed by atoms with Crippen molar-refractivity contribution in [2.45, 2.75) is 44.8 Å². The minimum absolute atomic E-state index is 0.196. The van der Waals surface area contributed by atoms with Gasteiger partial charge in [-0.15, -0.1) is 0 Å². The number of hydrogen-bond donors (Lipinski definition) is 1. The SMILES string of the molecule is CC1CCCCN1C1CN(Cc2cc(F)ccc2O)C1. The van der Waals surface area contributed by atoms with Crippen LogP contribution in [0.2, 0.25) is 0 Å². The van der Waals surface area contributed by atoms with Crippen molar-refractivity contribution in [3.05, 3.63) is 29.6 Å². The molecule has 2 heterocycles. The molecule has 3 rings (SSSR count). The molecule has 2 fully saturated rings. The van der Waals surface area contributed by atoms with Crippen LogP contribution in [0.1, 0.15) is 31.7 Å². The van der Waals surface area contributed by atoms with Crippen molar-refractivity contribution < 1.29 is 9.50 Å². The third kappa shape index (κ3) is 2.81. The lowest BCUT2D eigenvalue weighted by Crippen LogP contribution is -2.61. The van der Waals surface area contributed by atoms with E-state index in [4.69, 9.17) is 0 Å². The van der Waals surface area contributed by atoms with Crippen molar-refractivity contribution >= 4 is 0 Å². The van der Waals surface area contributed by atoms with Gasteiger partial charge in [-0.25, -0.2) is 4.39 Å². The Bertz CT molecular complexity index is 474. The van der Waals surface area contributed by atoms with Crippen LogP contribution < -0.4 is 0 Å². The van der Waals surface area contributed by atoms with E-state index in [0.29, 0.717) is 24.2 Å². The molecule has 0 radical (unpaired) electrons. The summed E-state index contributed by atoms with van der Waals surface area (Å²) in [5, 5.41) is 9.76. The fourth-order valence-electron chi connectivity index (χ4n) is 3.47. The van der Waals surface area contributed by atoms with Crippen molar-refractivity contribution in [3.63, 3.8) is 0 Å². The van der Waals surface area contributed by atoms with Crippen LogP contribution in [0.15, 0.2) is 18.2 Å². The third-order valence-corrected chi connectivity index (χ3v) is 4.70. The number of phenols is 1. The van der Waals surface area contributed by atoms with Gasteiger partial charge in [-0.1, -0.05) is 6.42 Å². The molecule has 3 nitrogen and oxygen atoms in total. The van der Waals surface area contributed by atoms with Crippen LogP contribution >= 0.6 is 0 Å². The Morgan fingerprint density at radius 3 is 2.85 bits per heavy atom.